The lowest BCUT2D eigenvalue weighted by atomic mass is 10.1. The number of aromatic nitrogens is 2. The SMILES string of the molecule is Cc1ccc2cccc(OCc3c(Cl)ccc(-n4cccc4CNC(=O)C=Cc4ccc(N5CCCC5=O)cc4)c3Cl)c2n1. The molecule has 44 heavy (non-hydrogen) atoms. The number of halogens is 2. The summed E-state index contributed by atoms with van der Waals surface area (Å²) in [7, 11) is 0. The van der Waals surface area contributed by atoms with E-state index in [-0.39, 0.29) is 25.0 Å². The number of carbonyl (C=O) groups is 2. The van der Waals surface area contributed by atoms with Crippen LogP contribution in [-0.2, 0) is 22.7 Å². The molecule has 0 unspecified atom stereocenters. The van der Waals surface area contributed by atoms with E-state index in [0.717, 1.165) is 52.2 Å². The minimum Gasteiger partial charge on any atom is -0.487 e. The Labute approximate surface area is 265 Å². The van der Waals surface area contributed by atoms with Gasteiger partial charge in [-0.2, -0.15) is 0 Å². The molecule has 0 bridgehead atoms. The highest BCUT2D eigenvalue weighted by molar-refractivity contribution is 6.37. The predicted molar refractivity (Wildman–Crippen MR) is 176 cm³/mol. The number of nitrogens with one attached hydrogen (secondary N) is 1. The van der Waals surface area contributed by atoms with Gasteiger partial charge in [-0.15, -0.1) is 0 Å². The maximum absolute atomic E-state index is 12.7. The molecule has 5 aromatic rings. The van der Waals surface area contributed by atoms with Crippen molar-refractivity contribution < 1.29 is 14.3 Å². The normalized spacial score (nSPS) is 13.2. The van der Waals surface area contributed by atoms with Gasteiger partial charge in [0.1, 0.15) is 17.9 Å². The van der Waals surface area contributed by atoms with Crippen molar-refractivity contribution in [2.75, 3.05) is 11.4 Å². The second-order valence-electron chi connectivity index (χ2n) is 10.6. The number of carbonyl (C=O) groups excluding carboxylic acids is 2. The van der Waals surface area contributed by atoms with Gasteiger partial charge < -0.3 is 19.5 Å². The number of nitrogens with zero attached hydrogens (tertiary/aromatic N) is 3. The lowest BCUT2D eigenvalue weighted by molar-refractivity contribution is -0.117. The van der Waals surface area contributed by atoms with Gasteiger partial charge in [0, 0.05) is 58.3 Å². The molecule has 0 atom stereocenters. The number of anilines is 1. The largest absolute Gasteiger partial charge is 0.487 e. The van der Waals surface area contributed by atoms with Crippen LogP contribution >= 0.6 is 23.2 Å². The van der Waals surface area contributed by atoms with Gasteiger partial charge in [-0.05, 0) is 73.5 Å². The van der Waals surface area contributed by atoms with Gasteiger partial charge in [-0.1, -0.05) is 53.5 Å². The van der Waals surface area contributed by atoms with Gasteiger partial charge >= 0.3 is 0 Å². The Morgan fingerprint density at radius 1 is 1.02 bits per heavy atom. The van der Waals surface area contributed by atoms with Crippen molar-refractivity contribution >= 4 is 57.7 Å². The number of hydrogen-bond acceptors (Lipinski definition) is 4. The van der Waals surface area contributed by atoms with E-state index in [4.69, 9.17) is 27.9 Å². The van der Waals surface area contributed by atoms with E-state index in [0.29, 0.717) is 27.8 Å². The lowest BCUT2D eigenvalue weighted by Crippen LogP contribution is -2.23. The quantitative estimate of drug-likeness (QED) is 0.171. The van der Waals surface area contributed by atoms with E-state index >= 15 is 0 Å². The van der Waals surface area contributed by atoms with Crippen LogP contribution in [0.15, 0.2) is 91.1 Å². The van der Waals surface area contributed by atoms with E-state index < -0.39 is 0 Å². The highest BCUT2D eigenvalue weighted by atomic mass is 35.5. The highest BCUT2D eigenvalue weighted by Gasteiger charge is 2.21. The number of benzene rings is 3. The molecule has 3 aromatic carbocycles. The summed E-state index contributed by atoms with van der Waals surface area (Å²) in [6, 6.07) is 24.9. The molecule has 1 fully saturated rings. The summed E-state index contributed by atoms with van der Waals surface area (Å²) in [5.74, 6) is 0.570. The van der Waals surface area contributed by atoms with Crippen molar-refractivity contribution in [1.82, 2.24) is 14.9 Å². The fraction of sp³-hybridized carbons (Fsp3) is 0.171. The Morgan fingerprint density at radius 2 is 1.86 bits per heavy atom. The molecule has 1 saturated heterocycles. The molecule has 0 radical (unpaired) electrons. The van der Waals surface area contributed by atoms with Crippen molar-refractivity contribution in [3.8, 4) is 11.4 Å². The Kier molecular flexibility index (Phi) is 8.68. The van der Waals surface area contributed by atoms with Crippen LogP contribution in [0.25, 0.3) is 22.7 Å². The number of pyridine rings is 1. The molecule has 222 valence electrons. The zero-order valence-electron chi connectivity index (χ0n) is 24.1. The molecule has 0 spiro atoms. The molecular weight excluding hydrogens is 595 g/mol. The van der Waals surface area contributed by atoms with Crippen LogP contribution in [0.1, 0.15) is 35.4 Å². The number of aryl methyl sites for hydroxylation is 1. The van der Waals surface area contributed by atoms with Crippen LogP contribution < -0.4 is 15.0 Å². The topological polar surface area (TPSA) is 76.5 Å². The van der Waals surface area contributed by atoms with Gasteiger partial charge in [-0.3, -0.25) is 9.59 Å². The summed E-state index contributed by atoms with van der Waals surface area (Å²) in [4.78, 5) is 31.1. The van der Waals surface area contributed by atoms with E-state index in [9.17, 15) is 9.59 Å². The van der Waals surface area contributed by atoms with Crippen molar-refractivity contribution in [2.24, 2.45) is 0 Å². The molecule has 1 aliphatic heterocycles. The fourth-order valence-electron chi connectivity index (χ4n) is 5.28. The number of para-hydroxylation sites is 1. The molecule has 2 amide bonds. The minimum atomic E-state index is -0.230. The standard InChI is InChI=1S/C35H30Cl2N4O3/c1-23-9-13-25-5-2-7-31(35(25)39-23)44-22-28-29(36)16-17-30(34(28)37)40-19-3-6-27(40)21-38-32(42)18-12-24-10-14-26(15-11-24)41-20-4-8-33(41)43/h2-3,5-7,9-19H,4,8,20-22H2,1H3,(H,38,42). The van der Waals surface area contributed by atoms with Crippen molar-refractivity contribution in [1.29, 1.82) is 0 Å². The Balaban J connectivity index is 1.12. The third kappa shape index (κ3) is 6.34. The van der Waals surface area contributed by atoms with E-state index in [1.165, 1.54) is 6.08 Å². The van der Waals surface area contributed by atoms with Crippen LogP contribution in [0, 0.1) is 6.92 Å². The number of hydrogen-bond donors (Lipinski definition) is 1. The Hall–Kier alpha value is -4.59. The number of ether oxygens (including phenoxy) is 1. The van der Waals surface area contributed by atoms with Gasteiger partial charge in [0.05, 0.1) is 17.3 Å². The lowest BCUT2D eigenvalue weighted by Gasteiger charge is -2.16. The predicted octanol–water partition coefficient (Wildman–Crippen LogP) is 7.68. The summed E-state index contributed by atoms with van der Waals surface area (Å²) in [5, 5.41) is 4.89. The van der Waals surface area contributed by atoms with Gasteiger partial charge in [-0.25, -0.2) is 4.98 Å². The van der Waals surface area contributed by atoms with Crippen molar-refractivity contribution in [3.05, 3.63) is 124 Å². The van der Waals surface area contributed by atoms with Crippen molar-refractivity contribution in [2.45, 2.75) is 32.9 Å². The molecule has 0 aliphatic carbocycles. The first-order valence-corrected chi connectivity index (χ1v) is 15.1. The van der Waals surface area contributed by atoms with Crippen LogP contribution in [0.5, 0.6) is 5.75 Å². The van der Waals surface area contributed by atoms with Crippen molar-refractivity contribution in [3.63, 3.8) is 0 Å². The summed E-state index contributed by atoms with van der Waals surface area (Å²) in [6.45, 7) is 3.14. The highest BCUT2D eigenvalue weighted by Crippen LogP contribution is 2.33. The molecule has 7 nitrogen and oxygen atoms in total. The third-order valence-electron chi connectivity index (χ3n) is 7.60. The van der Waals surface area contributed by atoms with E-state index in [1.807, 2.05) is 90.5 Å². The first kappa shape index (κ1) is 29.5. The molecule has 6 rings (SSSR count). The number of amides is 2. The van der Waals surface area contributed by atoms with Crippen LogP contribution in [0.3, 0.4) is 0 Å². The summed E-state index contributed by atoms with van der Waals surface area (Å²) < 4.78 is 8.11. The minimum absolute atomic E-state index is 0.149. The van der Waals surface area contributed by atoms with E-state index in [2.05, 4.69) is 10.3 Å². The Morgan fingerprint density at radius 3 is 2.66 bits per heavy atom. The summed E-state index contributed by atoms with van der Waals surface area (Å²) >= 11 is 13.5. The second-order valence-corrected chi connectivity index (χ2v) is 11.4. The molecule has 1 N–H and O–H groups in total. The first-order valence-electron chi connectivity index (χ1n) is 14.4. The Bertz CT molecular complexity index is 1880. The molecule has 1 aliphatic rings. The number of rotatable bonds is 9. The molecule has 0 saturated carbocycles. The molecular formula is C35H30Cl2N4O3. The van der Waals surface area contributed by atoms with Gasteiger partial charge in [0.25, 0.3) is 0 Å². The van der Waals surface area contributed by atoms with E-state index in [1.54, 1.807) is 17.0 Å². The monoisotopic (exact) mass is 624 g/mol. The van der Waals surface area contributed by atoms with Gasteiger partial charge in [0.15, 0.2) is 0 Å². The maximum Gasteiger partial charge on any atom is 0.244 e. The van der Waals surface area contributed by atoms with Crippen LogP contribution in [0.4, 0.5) is 5.69 Å². The fourth-order valence-corrected chi connectivity index (χ4v) is 5.85. The average Bonchev–Trinajstić information content (AvgIpc) is 3.68. The third-order valence-corrected chi connectivity index (χ3v) is 8.38. The van der Waals surface area contributed by atoms with Crippen LogP contribution in [-0.4, -0.2) is 27.9 Å². The molecule has 2 aromatic heterocycles. The maximum atomic E-state index is 12.7. The summed E-state index contributed by atoms with van der Waals surface area (Å²) in [5.41, 5.74) is 5.66. The number of fused-ring (bicyclic) bond motifs is 1. The van der Waals surface area contributed by atoms with Gasteiger partial charge in [0.2, 0.25) is 11.8 Å². The smallest absolute Gasteiger partial charge is 0.244 e. The zero-order valence-corrected chi connectivity index (χ0v) is 25.6. The summed E-state index contributed by atoms with van der Waals surface area (Å²) in [6.07, 6.45) is 6.61. The molecule has 9 heteroatoms. The molecule has 3 heterocycles. The first-order chi connectivity index (χ1) is 21.4. The zero-order chi connectivity index (χ0) is 30.6. The van der Waals surface area contributed by atoms with Crippen LogP contribution in [0.2, 0.25) is 10.0 Å². The average molecular weight is 626 g/mol. The second kappa shape index (κ2) is 13.0.